The second-order valence-electron chi connectivity index (χ2n) is 18.0. The molecule has 6 rings (SSSR count). The second kappa shape index (κ2) is 23.1. The highest BCUT2D eigenvalue weighted by atomic mass is 127. The molecule has 2 aliphatic rings. The van der Waals surface area contributed by atoms with Gasteiger partial charge in [-0.2, -0.15) is 0 Å². The summed E-state index contributed by atoms with van der Waals surface area (Å²) in [6.07, 6.45) is 0.304. The average Bonchev–Trinajstić information content (AvgIpc) is 3.70. The van der Waals surface area contributed by atoms with Crippen LogP contribution in [0.3, 0.4) is 0 Å². The predicted octanol–water partition coefficient (Wildman–Crippen LogP) is 7.10. The summed E-state index contributed by atoms with van der Waals surface area (Å²) in [6.45, 7) is 7.36. The van der Waals surface area contributed by atoms with E-state index >= 15 is 0 Å². The molecule has 1 saturated heterocycles. The number of aryl methyl sites for hydroxylation is 1. The molecule has 1 aromatic heterocycles. The summed E-state index contributed by atoms with van der Waals surface area (Å²) in [7, 11) is 0. The van der Waals surface area contributed by atoms with Crippen LogP contribution in [0.15, 0.2) is 54.0 Å². The van der Waals surface area contributed by atoms with Crippen molar-refractivity contribution in [2.45, 2.75) is 96.6 Å². The minimum atomic E-state index is -2.01. The summed E-state index contributed by atoms with van der Waals surface area (Å²) in [5.41, 5.74) is 0.234. The number of ether oxygens (including phenoxy) is 2. The van der Waals surface area contributed by atoms with E-state index in [0.717, 1.165) is 28.3 Å². The van der Waals surface area contributed by atoms with E-state index in [-0.39, 0.29) is 69.0 Å². The molecule has 2 heterocycles. The number of aliphatic hydroxyl groups excluding tert-OH is 1. The van der Waals surface area contributed by atoms with Crippen molar-refractivity contribution in [3.63, 3.8) is 0 Å². The first-order valence-corrected chi connectivity index (χ1v) is 24.2. The van der Waals surface area contributed by atoms with E-state index in [2.05, 4.69) is 26.3 Å². The van der Waals surface area contributed by atoms with Crippen LogP contribution in [-0.2, 0) is 30.5 Å². The summed E-state index contributed by atoms with van der Waals surface area (Å²) in [5, 5.41) is 21.7. The van der Waals surface area contributed by atoms with Crippen molar-refractivity contribution in [1.29, 1.82) is 0 Å². The Morgan fingerprint density at radius 3 is 2.44 bits per heavy atom. The number of nitrogens with one attached hydrogen (secondary N) is 4. The van der Waals surface area contributed by atoms with Crippen LogP contribution in [0.25, 0.3) is 10.4 Å². The number of nitrogens with zero attached hydrogens (tertiary/aromatic N) is 2. The molecular formula is C48H55F4IN6O8S. The van der Waals surface area contributed by atoms with Gasteiger partial charge >= 0.3 is 0 Å². The smallest absolute Gasteiger partial charge is 0.258 e. The van der Waals surface area contributed by atoms with Crippen molar-refractivity contribution in [2.75, 3.05) is 44.8 Å². The van der Waals surface area contributed by atoms with E-state index in [0.29, 0.717) is 40.8 Å². The lowest BCUT2D eigenvalue weighted by molar-refractivity contribution is -0.145. The number of aliphatic hydroxyl groups is 1. The number of ketones is 2. The third-order valence-electron chi connectivity index (χ3n) is 11.5. The first-order valence-electron chi connectivity index (χ1n) is 22.2. The van der Waals surface area contributed by atoms with E-state index in [4.69, 9.17) is 9.47 Å². The number of Topliss-reactive ketones (excluding diaryl/α,β-unsaturated/α-hetero) is 2. The average molecular weight is 1080 g/mol. The molecular weight excluding hydrogens is 1020 g/mol. The van der Waals surface area contributed by atoms with Gasteiger partial charge in [0.25, 0.3) is 5.91 Å². The summed E-state index contributed by atoms with van der Waals surface area (Å²) in [5.74, 6) is -5.67. The van der Waals surface area contributed by atoms with Crippen molar-refractivity contribution in [1.82, 2.24) is 25.8 Å². The lowest BCUT2D eigenvalue weighted by atomic mass is 9.85. The van der Waals surface area contributed by atoms with Crippen molar-refractivity contribution in [3.05, 3.63) is 91.9 Å². The third kappa shape index (κ3) is 13.6. The molecule has 1 aliphatic carbocycles. The van der Waals surface area contributed by atoms with Gasteiger partial charge in [0.05, 0.1) is 33.6 Å². The lowest BCUT2D eigenvalue weighted by Gasteiger charge is -2.35. The number of benzene rings is 3. The molecule has 14 nitrogen and oxygen atoms in total. The Labute approximate surface area is 409 Å². The second-order valence-corrected chi connectivity index (χ2v) is 20.1. The van der Waals surface area contributed by atoms with Crippen molar-refractivity contribution in [3.8, 4) is 16.2 Å². The molecule has 366 valence electrons. The maximum Gasteiger partial charge on any atom is 0.258 e. The summed E-state index contributed by atoms with van der Waals surface area (Å²) in [6, 6.07) is 9.27. The first kappa shape index (κ1) is 52.3. The predicted molar refractivity (Wildman–Crippen MR) is 256 cm³/mol. The van der Waals surface area contributed by atoms with Crippen LogP contribution in [0.5, 0.6) is 5.75 Å². The SMILES string of the molecule is Cc1ncsc1-c1ccc(CNC(=O)C2C[C@@H](O)CN2C(=O)[C@@H](NC(=O)C2(F)CC2)C(C)(C)C)c(OCC(=O)CCCNCCCOCC(=O)c2ccc(F)c(F)c2Nc2ccc(I)cc2F)c1. The molecule has 1 saturated carbocycles. The fourth-order valence-electron chi connectivity index (χ4n) is 7.51. The number of amides is 3. The molecule has 0 radical (unpaired) electrons. The Hall–Kier alpha value is -5.03. The zero-order valence-corrected chi connectivity index (χ0v) is 41.1. The number of hydrogen-bond donors (Lipinski definition) is 5. The highest BCUT2D eigenvalue weighted by molar-refractivity contribution is 14.1. The minimum Gasteiger partial charge on any atom is -0.485 e. The highest BCUT2D eigenvalue weighted by Gasteiger charge is 2.53. The number of likely N-dealkylation sites (tertiary alicyclic amines) is 1. The Morgan fingerprint density at radius 2 is 1.75 bits per heavy atom. The molecule has 3 amide bonds. The third-order valence-corrected chi connectivity index (χ3v) is 13.2. The van der Waals surface area contributed by atoms with Gasteiger partial charge in [-0.15, -0.1) is 11.3 Å². The van der Waals surface area contributed by atoms with Crippen LogP contribution in [-0.4, -0.2) is 108 Å². The maximum absolute atomic E-state index is 14.8. The normalized spacial score (nSPS) is 16.8. The summed E-state index contributed by atoms with van der Waals surface area (Å²) in [4.78, 5) is 72.7. The fourth-order valence-corrected chi connectivity index (χ4v) is 8.77. The van der Waals surface area contributed by atoms with E-state index in [1.165, 1.54) is 28.4 Å². The van der Waals surface area contributed by atoms with Crippen LogP contribution in [0.2, 0.25) is 0 Å². The van der Waals surface area contributed by atoms with Gasteiger partial charge in [-0.1, -0.05) is 32.9 Å². The zero-order chi connectivity index (χ0) is 49.3. The number of alkyl halides is 1. The fraction of sp³-hybridized carbons (Fsp3) is 0.458. The maximum atomic E-state index is 14.8. The van der Waals surface area contributed by atoms with E-state index < -0.39 is 82.5 Å². The molecule has 1 unspecified atom stereocenters. The van der Waals surface area contributed by atoms with E-state index in [1.54, 1.807) is 44.5 Å². The molecule has 4 aromatic rings. The molecule has 2 fully saturated rings. The monoisotopic (exact) mass is 1080 g/mol. The number of halogens is 5. The van der Waals surface area contributed by atoms with Crippen LogP contribution < -0.4 is 26.0 Å². The quantitative estimate of drug-likeness (QED) is 0.0221. The van der Waals surface area contributed by atoms with Gasteiger partial charge in [0.2, 0.25) is 11.8 Å². The number of anilines is 2. The van der Waals surface area contributed by atoms with Gasteiger partial charge in [-0.05, 0) is 116 Å². The molecule has 3 aromatic carbocycles. The Balaban J connectivity index is 0.960. The number of carbonyl (C=O) groups excluding carboxylic acids is 5. The van der Waals surface area contributed by atoms with Gasteiger partial charge in [0.15, 0.2) is 28.9 Å². The Morgan fingerprint density at radius 1 is 1.00 bits per heavy atom. The number of aromatic nitrogens is 1. The Kier molecular flexibility index (Phi) is 17.7. The zero-order valence-electron chi connectivity index (χ0n) is 38.1. The highest BCUT2D eigenvalue weighted by Crippen LogP contribution is 2.41. The van der Waals surface area contributed by atoms with E-state index in [1.807, 2.05) is 35.6 Å². The van der Waals surface area contributed by atoms with Gasteiger partial charge in [-0.25, -0.2) is 22.5 Å². The number of β-amino-alcohol motifs (C(OH)–C–C–N with tert-alkyl or cyclic N) is 1. The standard InChI is InChI=1S/C48H55F4IN6O8S/c1-27-42(68-26-56-27)28-8-9-29(22-55-44(63)37-21-32(61)23-59(37)45(64)43(47(2,3)4)58-46(65)48(52)14-15-48)39(19-28)67-24-31(60)7-5-16-54-17-6-18-66-25-38(62)33-11-12-34(49)40(51)41(33)57-36-13-10-30(53)20-35(36)50/h8-13,19-20,26,32,37,43,54,57,61H,5-7,14-18,21-25H2,1-4H3,(H,55,63)(H,58,65)/t32-,37?,43-/m1/s1. The van der Waals surface area contributed by atoms with Gasteiger partial charge in [-0.3, -0.25) is 24.0 Å². The number of thiazole rings is 1. The van der Waals surface area contributed by atoms with Crippen molar-refractivity contribution < 1.29 is 56.1 Å². The summed E-state index contributed by atoms with van der Waals surface area (Å²) >= 11 is 3.35. The molecule has 68 heavy (non-hydrogen) atoms. The molecule has 0 bridgehead atoms. The lowest BCUT2D eigenvalue weighted by Crippen LogP contribution is -2.59. The molecule has 0 spiro atoms. The number of carbonyl (C=O) groups is 5. The van der Waals surface area contributed by atoms with Crippen LogP contribution in [0.1, 0.15) is 80.9 Å². The molecule has 1 aliphatic heterocycles. The topological polar surface area (TPSA) is 188 Å². The van der Waals surface area contributed by atoms with Gasteiger partial charge in [0, 0.05) is 47.2 Å². The van der Waals surface area contributed by atoms with Crippen molar-refractivity contribution in [2.24, 2.45) is 5.41 Å². The Bertz CT molecular complexity index is 2500. The molecule has 20 heteroatoms. The summed E-state index contributed by atoms with van der Waals surface area (Å²) < 4.78 is 70.1. The van der Waals surface area contributed by atoms with Gasteiger partial charge < -0.3 is 40.7 Å². The molecule has 5 N–H and O–H groups in total. The van der Waals surface area contributed by atoms with Crippen LogP contribution in [0, 0.1) is 33.4 Å². The van der Waals surface area contributed by atoms with E-state index in [9.17, 15) is 46.6 Å². The molecule has 3 atom stereocenters. The van der Waals surface area contributed by atoms with Crippen molar-refractivity contribution >= 4 is 74.6 Å². The van der Waals surface area contributed by atoms with Crippen LogP contribution in [0.4, 0.5) is 28.9 Å². The first-order chi connectivity index (χ1) is 32.2. The largest absolute Gasteiger partial charge is 0.485 e. The van der Waals surface area contributed by atoms with Crippen LogP contribution >= 0.6 is 33.9 Å². The number of rotatable bonds is 23. The minimum absolute atomic E-state index is 0.0391. The van der Waals surface area contributed by atoms with Gasteiger partial charge in [0.1, 0.15) is 36.9 Å². The number of hydrogen-bond acceptors (Lipinski definition) is 12.